The monoisotopic (exact) mass is 278 g/mol. The number of hydrogen-bond acceptors (Lipinski definition) is 3. The van der Waals surface area contributed by atoms with Gasteiger partial charge in [0.15, 0.2) is 5.69 Å². The zero-order chi connectivity index (χ0) is 14.0. The van der Waals surface area contributed by atoms with Crippen molar-refractivity contribution in [3.05, 3.63) is 62.5 Å². The summed E-state index contributed by atoms with van der Waals surface area (Å²) in [4.78, 5) is 22.5. The molecule has 2 aromatic rings. The molecule has 0 amide bonds. The Labute approximate surface area is 114 Å². The second-order valence-corrected chi connectivity index (χ2v) is 4.52. The molecule has 0 aliphatic heterocycles. The summed E-state index contributed by atoms with van der Waals surface area (Å²) in [5.41, 5.74) is 1.17. The van der Waals surface area contributed by atoms with E-state index in [2.05, 4.69) is 5.10 Å². The fourth-order valence-electron chi connectivity index (χ4n) is 1.62. The first-order chi connectivity index (χ1) is 8.97. The molecular weight excluding hydrogens is 268 g/mol. The van der Waals surface area contributed by atoms with Crippen molar-refractivity contribution < 1.29 is 9.90 Å². The van der Waals surface area contributed by atoms with Crippen molar-refractivity contribution in [2.75, 3.05) is 0 Å². The van der Waals surface area contributed by atoms with E-state index in [1.807, 2.05) is 13.0 Å². The second-order valence-electron chi connectivity index (χ2n) is 4.11. The van der Waals surface area contributed by atoms with Crippen molar-refractivity contribution in [3.63, 3.8) is 0 Å². The Morgan fingerprint density at radius 1 is 1.37 bits per heavy atom. The van der Waals surface area contributed by atoms with E-state index in [-0.39, 0.29) is 17.8 Å². The highest BCUT2D eigenvalue weighted by atomic mass is 35.5. The van der Waals surface area contributed by atoms with Crippen LogP contribution in [-0.2, 0) is 6.54 Å². The highest BCUT2D eigenvalue weighted by molar-refractivity contribution is 6.31. The van der Waals surface area contributed by atoms with Crippen molar-refractivity contribution in [2.45, 2.75) is 13.5 Å². The molecule has 98 valence electrons. The van der Waals surface area contributed by atoms with Crippen LogP contribution in [0.5, 0.6) is 0 Å². The van der Waals surface area contributed by atoms with Crippen molar-refractivity contribution in [1.82, 2.24) is 9.78 Å². The minimum Gasteiger partial charge on any atom is -0.476 e. The summed E-state index contributed by atoms with van der Waals surface area (Å²) in [6.45, 7) is 2.05. The second kappa shape index (κ2) is 5.24. The van der Waals surface area contributed by atoms with Gasteiger partial charge in [-0.1, -0.05) is 23.7 Å². The van der Waals surface area contributed by atoms with Gasteiger partial charge in [0, 0.05) is 11.1 Å². The van der Waals surface area contributed by atoms with Crippen LogP contribution in [0.1, 0.15) is 21.6 Å². The van der Waals surface area contributed by atoms with E-state index in [1.165, 1.54) is 12.1 Å². The maximum absolute atomic E-state index is 11.6. The standard InChI is InChI=1S/C13H11ClN2O3/c1-8-2-3-9(10(14)6-8)7-16-12(17)5-4-11(15-16)13(18)19/h2-6H,7H2,1H3,(H,18,19). The predicted octanol–water partition coefficient (Wildman–Crippen LogP) is 1.95. The Bertz CT molecular complexity index is 695. The van der Waals surface area contributed by atoms with Crippen molar-refractivity contribution in [2.24, 2.45) is 0 Å². The fraction of sp³-hybridized carbons (Fsp3) is 0.154. The molecule has 1 N–H and O–H groups in total. The molecule has 1 aromatic carbocycles. The van der Waals surface area contributed by atoms with Gasteiger partial charge in [-0.15, -0.1) is 0 Å². The lowest BCUT2D eigenvalue weighted by atomic mass is 10.1. The van der Waals surface area contributed by atoms with Gasteiger partial charge in [-0.05, 0) is 30.2 Å². The third kappa shape index (κ3) is 3.00. The maximum Gasteiger partial charge on any atom is 0.356 e. The topological polar surface area (TPSA) is 72.2 Å². The quantitative estimate of drug-likeness (QED) is 0.931. The molecule has 0 aliphatic carbocycles. The number of rotatable bonds is 3. The third-order valence-corrected chi connectivity index (χ3v) is 2.97. The Hall–Kier alpha value is -2.14. The number of nitrogens with zero attached hydrogens (tertiary/aromatic N) is 2. The first kappa shape index (κ1) is 13.3. The average Bonchev–Trinajstić information content (AvgIpc) is 2.34. The molecule has 19 heavy (non-hydrogen) atoms. The molecule has 0 spiro atoms. The number of aryl methyl sites for hydroxylation is 1. The molecule has 1 heterocycles. The van der Waals surface area contributed by atoms with Gasteiger partial charge in [0.2, 0.25) is 0 Å². The number of benzene rings is 1. The lowest BCUT2D eigenvalue weighted by molar-refractivity contribution is 0.0687. The molecule has 0 saturated carbocycles. The molecule has 0 saturated heterocycles. The van der Waals surface area contributed by atoms with Crippen molar-refractivity contribution in [3.8, 4) is 0 Å². The van der Waals surface area contributed by atoms with Gasteiger partial charge in [-0.25, -0.2) is 9.48 Å². The van der Waals surface area contributed by atoms with E-state index < -0.39 is 5.97 Å². The van der Waals surface area contributed by atoms with Crippen LogP contribution < -0.4 is 5.56 Å². The summed E-state index contributed by atoms with van der Waals surface area (Å²) in [6.07, 6.45) is 0. The molecule has 0 fully saturated rings. The van der Waals surface area contributed by atoms with Crippen LogP contribution in [0.4, 0.5) is 0 Å². The minimum absolute atomic E-state index is 0.138. The molecule has 0 atom stereocenters. The minimum atomic E-state index is -1.18. The number of carbonyl (C=O) groups is 1. The summed E-state index contributed by atoms with van der Waals surface area (Å²) < 4.78 is 1.08. The summed E-state index contributed by atoms with van der Waals surface area (Å²) in [5.74, 6) is -1.18. The predicted molar refractivity (Wildman–Crippen MR) is 70.7 cm³/mol. The Balaban J connectivity index is 2.40. The Kier molecular flexibility index (Phi) is 3.66. The van der Waals surface area contributed by atoms with Crippen LogP contribution in [-0.4, -0.2) is 20.9 Å². The number of carboxylic acid groups (broad SMARTS) is 1. The summed E-state index contributed by atoms with van der Waals surface area (Å²) >= 11 is 6.07. The molecule has 0 aliphatic rings. The largest absolute Gasteiger partial charge is 0.476 e. The van der Waals surface area contributed by atoms with Gasteiger partial charge in [-0.3, -0.25) is 4.79 Å². The van der Waals surface area contributed by atoms with Crippen LogP contribution in [0.25, 0.3) is 0 Å². The zero-order valence-corrected chi connectivity index (χ0v) is 10.9. The van der Waals surface area contributed by atoms with Gasteiger partial charge < -0.3 is 5.11 Å². The molecule has 5 nitrogen and oxygen atoms in total. The van der Waals surface area contributed by atoms with E-state index >= 15 is 0 Å². The van der Waals surface area contributed by atoms with Crippen LogP contribution in [0.2, 0.25) is 5.02 Å². The number of aromatic nitrogens is 2. The highest BCUT2D eigenvalue weighted by Crippen LogP contribution is 2.17. The summed E-state index contributed by atoms with van der Waals surface area (Å²) in [5, 5.41) is 13.2. The van der Waals surface area contributed by atoms with Gasteiger partial charge >= 0.3 is 5.97 Å². The SMILES string of the molecule is Cc1ccc(Cn2nc(C(=O)O)ccc2=O)c(Cl)c1. The molecule has 0 unspecified atom stereocenters. The van der Waals surface area contributed by atoms with E-state index in [0.717, 1.165) is 10.2 Å². The van der Waals surface area contributed by atoms with Crippen LogP contribution in [0, 0.1) is 6.92 Å². The number of halogens is 1. The van der Waals surface area contributed by atoms with E-state index in [1.54, 1.807) is 12.1 Å². The molecule has 0 bridgehead atoms. The number of carboxylic acids is 1. The van der Waals surface area contributed by atoms with Crippen LogP contribution in [0.3, 0.4) is 0 Å². The van der Waals surface area contributed by atoms with Crippen molar-refractivity contribution >= 4 is 17.6 Å². The lowest BCUT2D eigenvalue weighted by Crippen LogP contribution is -2.25. The fourth-order valence-corrected chi connectivity index (χ4v) is 1.91. The Morgan fingerprint density at radius 3 is 2.74 bits per heavy atom. The summed E-state index contributed by atoms with van der Waals surface area (Å²) in [6, 6.07) is 7.80. The number of hydrogen-bond donors (Lipinski definition) is 1. The smallest absolute Gasteiger partial charge is 0.356 e. The molecule has 2 rings (SSSR count). The highest BCUT2D eigenvalue weighted by Gasteiger charge is 2.09. The van der Waals surface area contributed by atoms with Gasteiger partial charge in [-0.2, -0.15) is 5.10 Å². The van der Waals surface area contributed by atoms with Gasteiger partial charge in [0.05, 0.1) is 6.54 Å². The van der Waals surface area contributed by atoms with Gasteiger partial charge in [0.25, 0.3) is 5.56 Å². The van der Waals surface area contributed by atoms with E-state index in [4.69, 9.17) is 16.7 Å². The lowest BCUT2D eigenvalue weighted by Gasteiger charge is -2.07. The molecule has 6 heteroatoms. The molecule has 1 aromatic heterocycles. The third-order valence-electron chi connectivity index (χ3n) is 2.61. The van der Waals surface area contributed by atoms with Crippen LogP contribution in [0.15, 0.2) is 35.1 Å². The molecular formula is C13H11ClN2O3. The summed E-state index contributed by atoms with van der Waals surface area (Å²) in [7, 11) is 0. The van der Waals surface area contributed by atoms with Crippen LogP contribution >= 0.6 is 11.6 Å². The van der Waals surface area contributed by atoms with Crippen molar-refractivity contribution in [1.29, 1.82) is 0 Å². The normalized spacial score (nSPS) is 10.4. The van der Waals surface area contributed by atoms with E-state index in [9.17, 15) is 9.59 Å². The maximum atomic E-state index is 11.6. The average molecular weight is 279 g/mol. The zero-order valence-electron chi connectivity index (χ0n) is 10.1. The Morgan fingerprint density at radius 2 is 2.11 bits per heavy atom. The van der Waals surface area contributed by atoms with E-state index in [0.29, 0.717) is 10.6 Å². The first-order valence-corrected chi connectivity index (χ1v) is 5.91. The number of aromatic carboxylic acids is 1. The van der Waals surface area contributed by atoms with Gasteiger partial charge in [0.1, 0.15) is 0 Å². The molecule has 0 radical (unpaired) electrons. The first-order valence-electron chi connectivity index (χ1n) is 5.54.